The summed E-state index contributed by atoms with van der Waals surface area (Å²) >= 11 is 3.54. The summed E-state index contributed by atoms with van der Waals surface area (Å²) in [6.45, 7) is 1.56. The molecule has 2 rings (SSSR count). The molecule has 0 amide bonds. The summed E-state index contributed by atoms with van der Waals surface area (Å²) in [5.41, 5.74) is 2.84. The van der Waals surface area contributed by atoms with Gasteiger partial charge in [-0.3, -0.25) is 0 Å². The highest BCUT2D eigenvalue weighted by atomic mass is 79.9. The third-order valence-corrected chi connectivity index (χ3v) is 3.71. The minimum absolute atomic E-state index is 0.226. The van der Waals surface area contributed by atoms with E-state index in [9.17, 15) is 4.39 Å². The highest BCUT2D eigenvalue weighted by molar-refractivity contribution is 9.10. The highest BCUT2D eigenvalue weighted by Gasteiger charge is 2.04. The molecule has 2 nitrogen and oxygen atoms in total. The van der Waals surface area contributed by atoms with Gasteiger partial charge in [0, 0.05) is 16.6 Å². The first-order valence-corrected chi connectivity index (χ1v) is 7.23. The lowest BCUT2D eigenvalue weighted by atomic mass is 10.1. The molecule has 0 unspecified atom stereocenters. The summed E-state index contributed by atoms with van der Waals surface area (Å²) in [6.07, 6.45) is 0. The molecule has 0 spiro atoms. The summed E-state index contributed by atoms with van der Waals surface area (Å²) in [7, 11) is 1.92. The lowest BCUT2D eigenvalue weighted by Gasteiger charge is -2.09. The molecule has 0 heterocycles. The van der Waals surface area contributed by atoms with Gasteiger partial charge in [0.25, 0.3) is 0 Å². The molecule has 106 valence electrons. The molecule has 0 atom stereocenters. The summed E-state index contributed by atoms with van der Waals surface area (Å²) in [6, 6.07) is 12.8. The first-order chi connectivity index (χ1) is 9.70. The van der Waals surface area contributed by atoms with Crippen molar-refractivity contribution in [3.8, 4) is 0 Å². The van der Waals surface area contributed by atoms with Gasteiger partial charge in [0.1, 0.15) is 5.82 Å². The molecule has 0 radical (unpaired) electrons. The minimum Gasteiger partial charge on any atom is -0.372 e. The predicted molar refractivity (Wildman–Crippen MR) is 81.8 cm³/mol. The lowest BCUT2D eigenvalue weighted by molar-refractivity contribution is 0.104. The Morgan fingerprint density at radius 1 is 1.10 bits per heavy atom. The zero-order valence-electron chi connectivity index (χ0n) is 11.3. The van der Waals surface area contributed by atoms with E-state index in [0.29, 0.717) is 12.2 Å². The van der Waals surface area contributed by atoms with Crippen LogP contribution in [0.2, 0.25) is 0 Å². The van der Waals surface area contributed by atoms with E-state index < -0.39 is 0 Å². The maximum absolute atomic E-state index is 13.4. The molecule has 0 aliphatic heterocycles. The molecule has 0 saturated heterocycles. The van der Waals surface area contributed by atoms with E-state index in [2.05, 4.69) is 33.4 Å². The first-order valence-electron chi connectivity index (χ1n) is 6.43. The Labute approximate surface area is 127 Å². The molecule has 0 aliphatic carbocycles. The van der Waals surface area contributed by atoms with Crippen LogP contribution in [-0.2, 0) is 24.5 Å². The summed E-state index contributed by atoms with van der Waals surface area (Å²) in [5, 5.41) is 3.11. The Balaban J connectivity index is 1.93. The topological polar surface area (TPSA) is 21.3 Å². The third kappa shape index (κ3) is 4.13. The average Bonchev–Trinajstić information content (AvgIpc) is 2.43. The van der Waals surface area contributed by atoms with Crippen LogP contribution in [0.5, 0.6) is 0 Å². The second-order valence-corrected chi connectivity index (χ2v) is 5.39. The second-order valence-electron chi connectivity index (χ2n) is 4.54. The van der Waals surface area contributed by atoms with Crippen LogP contribution in [0.15, 0.2) is 46.9 Å². The van der Waals surface area contributed by atoms with E-state index in [4.69, 9.17) is 4.74 Å². The predicted octanol–water partition coefficient (Wildman–Crippen LogP) is 4.02. The summed E-state index contributed by atoms with van der Waals surface area (Å²) in [4.78, 5) is 0. The maximum Gasteiger partial charge on any atom is 0.128 e. The smallest absolute Gasteiger partial charge is 0.128 e. The van der Waals surface area contributed by atoms with Crippen molar-refractivity contribution < 1.29 is 9.13 Å². The second kappa shape index (κ2) is 7.53. The van der Waals surface area contributed by atoms with Gasteiger partial charge in [-0.2, -0.15) is 0 Å². The number of halogens is 2. The van der Waals surface area contributed by atoms with Crippen molar-refractivity contribution in [2.45, 2.75) is 19.8 Å². The van der Waals surface area contributed by atoms with Crippen LogP contribution in [-0.4, -0.2) is 7.05 Å². The van der Waals surface area contributed by atoms with Gasteiger partial charge in [-0.15, -0.1) is 0 Å². The summed E-state index contributed by atoms with van der Waals surface area (Å²) < 4.78 is 20.0. The van der Waals surface area contributed by atoms with Crippen molar-refractivity contribution in [2.24, 2.45) is 0 Å². The van der Waals surface area contributed by atoms with Crippen LogP contribution in [0.4, 0.5) is 4.39 Å². The van der Waals surface area contributed by atoms with Crippen molar-refractivity contribution in [2.75, 3.05) is 7.05 Å². The van der Waals surface area contributed by atoms with Gasteiger partial charge in [-0.05, 0) is 30.3 Å². The van der Waals surface area contributed by atoms with E-state index in [0.717, 1.165) is 16.6 Å². The van der Waals surface area contributed by atoms with Crippen LogP contribution in [0.25, 0.3) is 0 Å². The van der Waals surface area contributed by atoms with Crippen LogP contribution in [0, 0.1) is 5.82 Å². The lowest BCUT2D eigenvalue weighted by Crippen LogP contribution is -2.05. The van der Waals surface area contributed by atoms with E-state index in [1.165, 1.54) is 11.6 Å². The summed E-state index contributed by atoms with van der Waals surface area (Å²) in [5.74, 6) is -0.226. The van der Waals surface area contributed by atoms with Gasteiger partial charge in [-0.1, -0.05) is 46.3 Å². The fourth-order valence-electron chi connectivity index (χ4n) is 1.91. The molecule has 20 heavy (non-hydrogen) atoms. The van der Waals surface area contributed by atoms with Gasteiger partial charge < -0.3 is 10.1 Å². The molecule has 0 saturated carbocycles. The maximum atomic E-state index is 13.4. The van der Waals surface area contributed by atoms with Gasteiger partial charge in [-0.25, -0.2) is 4.39 Å². The first kappa shape index (κ1) is 15.2. The number of nitrogens with one attached hydrogen (secondary N) is 1. The molecular formula is C16H17BrFNO. The van der Waals surface area contributed by atoms with Crippen LogP contribution >= 0.6 is 15.9 Å². The van der Waals surface area contributed by atoms with Gasteiger partial charge in [0.2, 0.25) is 0 Å². The Kier molecular flexibility index (Phi) is 5.71. The van der Waals surface area contributed by atoms with Crippen molar-refractivity contribution in [1.29, 1.82) is 0 Å². The zero-order valence-corrected chi connectivity index (χ0v) is 12.9. The molecule has 4 heteroatoms. The Morgan fingerprint density at radius 2 is 1.85 bits per heavy atom. The number of rotatable bonds is 6. The molecule has 0 aliphatic rings. The van der Waals surface area contributed by atoms with Gasteiger partial charge in [0.15, 0.2) is 0 Å². The van der Waals surface area contributed by atoms with Crippen molar-refractivity contribution in [1.82, 2.24) is 5.32 Å². The monoisotopic (exact) mass is 337 g/mol. The van der Waals surface area contributed by atoms with E-state index in [1.54, 1.807) is 12.1 Å². The van der Waals surface area contributed by atoms with Crippen LogP contribution < -0.4 is 5.32 Å². The van der Waals surface area contributed by atoms with Crippen molar-refractivity contribution in [3.05, 3.63) is 69.4 Å². The molecule has 2 aromatic rings. The quantitative estimate of drug-likeness (QED) is 0.859. The number of hydrogen-bond donors (Lipinski definition) is 1. The SMILES string of the molecule is CNCc1ccc(COCc2ccccc2F)c(Br)c1. The van der Waals surface area contributed by atoms with Crippen molar-refractivity contribution in [3.63, 3.8) is 0 Å². The molecule has 2 aromatic carbocycles. The Morgan fingerprint density at radius 3 is 2.55 bits per heavy atom. The van der Waals surface area contributed by atoms with E-state index >= 15 is 0 Å². The van der Waals surface area contributed by atoms with E-state index in [-0.39, 0.29) is 12.4 Å². The Hall–Kier alpha value is -1.23. The molecular weight excluding hydrogens is 321 g/mol. The Bertz CT molecular complexity index is 574. The number of hydrogen-bond acceptors (Lipinski definition) is 2. The average molecular weight is 338 g/mol. The molecule has 0 fully saturated rings. The highest BCUT2D eigenvalue weighted by Crippen LogP contribution is 2.20. The fourth-order valence-corrected chi connectivity index (χ4v) is 2.45. The van der Waals surface area contributed by atoms with Crippen LogP contribution in [0.1, 0.15) is 16.7 Å². The number of benzene rings is 2. The third-order valence-electron chi connectivity index (χ3n) is 2.97. The van der Waals surface area contributed by atoms with Crippen LogP contribution in [0.3, 0.4) is 0 Å². The normalized spacial score (nSPS) is 10.8. The van der Waals surface area contributed by atoms with Crippen molar-refractivity contribution >= 4 is 15.9 Å². The minimum atomic E-state index is -0.226. The molecule has 1 N–H and O–H groups in total. The number of ether oxygens (including phenoxy) is 1. The molecule has 0 aromatic heterocycles. The van der Waals surface area contributed by atoms with Gasteiger partial charge in [0.05, 0.1) is 13.2 Å². The standard InChI is InChI=1S/C16H17BrFNO/c1-19-9-12-6-7-13(15(17)8-12)10-20-11-14-4-2-3-5-16(14)18/h2-8,19H,9-11H2,1H3. The fraction of sp³-hybridized carbons (Fsp3) is 0.250. The largest absolute Gasteiger partial charge is 0.372 e. The van der Waals surface area contributed by atoms with E-state index in [1.807, 2.05) is 19.2 Å². The zero-order chi connectivity index (χ0) is 14.4. The molecule has 0 bridgehead atoms. The van der Waals surface area contributed by atoms with Gasteiger partial charge >= 0.3 is 0 Å².